The van der Waals surface area contributed by atoms with Crippen LogP contribution < -0.4 is 5.32 Å². The van der Waals surface area contributed by atoms with Gasteiger partial charge in [0.1, 0.15) is 42.3 Å². The van der Waals surface area contributed by atoms with E-state index in [9.17, 15) is 29.4 Å². The largest absolute Gasteiger partial charge is 0.509 e. The summed E-state index contributed by atoms with van der Waals surface area (Å²) in [5.41, 5.74) is -6.37. The lowest BCUT2D eigenvalue weighted by molar-refractivity contribution is -0.345. The molecule has 3 N–H and O–H groups in total. The number of ketones is 1. The highest BCUT2D eigenvalue weighted by atomic mass is 16.7. The Kier molecular flexibility index (Phi) is 13.9. The average Bonchev–Trinajstić information content (AvgIpc) is 3.30. The Bertz CT molecular complexity index is 2490. The van der Waals surface area contributed by atoms with Crippen LogP contribution in [0, 0.1) is 16.7 Å². The minimum Gasteiger partial charge on any atom is -0.487 e. The Labute approximate surface area is 394 Å². The van der Waals surface area contributed by atoms with Gasteiger partial charge < -0.3 is 48.7 Å². The normalized spacial score (nSPS) is 29.9. The van der Waals surface area contributed by atoms with Crippen molar-refractivity contribution >= 4 is 41.5 Å². The van der Waals surface area contributed by atoms with Crippen LogP contribution >= 0.6 is 0 Å². The van der Waals surface area contributed by atoms with Crippen LogP contribution in [-0.4, -0.2) is 107 Å². The number of rotatable bonds is 14. The molecule has 3 aliphatic carbocycles. The lowest BCUT2D eigenvalue weighted by Gasteiger charge is -2.67. The van der Waals surface area contributed by atoms with E-state index in [1.807, 2.05) is 0 Å². The maximum atomic E-state index is 15.7. The summed E-state index contributed by atoms with van der Waals surface area (Å²) in [5, 5.41) is 29.0. The Morgan fingerprint density at radius 3 is 2.04 bits per heavy atom. The molecule has 1 saturated heterocycles. The Morgan fingerprint density at radius 1 is 0.882 bits per heavy atom. The molecule has 11 atom stereocenters. The second-order valence-electron chi connectivity index (χ2n) is 18.4. The van der Waals surface area contributed by atoms with E-state index in [1.54, 1.807) is 112 Å². The number of fused-ring (bicyclic) bond motifs is 5. The highest BCUT2D eigenvalue weighted by molar-refractivity contribution is 5.96. The Hall–Kier alpha value is -6.62. The molecule has 0 spiro atoms. The van der Waals surface area contributed by atoms with E-state index in [-0.39, 0.29) is 42.1 Å². The number of benzene rings is 3. The molecule has 3 aromatic carbocycles. The summed E-state index contributed by atoms with van der Waals surface area (Å²) in [6.07, 6.45) is -10.1. The number of hydrogen-bond donors (Lipinski definition) is 3. The van der Waals surface area contributed by atoms with Gasteiger partial charge in [0.2, 0.25) is 6.10 Å². The van der Waals surface area contributed by atoms with E-state index >= 15 is 9.59 Å². The molecule has 7 rings (SSSR count). The topological polar surface area (TPSA) is 220 Å². The predicted octanol–water partition coefficient (Wildman–Crippen LogP) is 5.91. The SMILES string of the molecule is C=CCOC(=O)O[C@@H](C(=O)O[C@H]1C[C@@]2(O)[C@@H](OC(=C)c3ccccc3)C3[C@]4(OC(C)=O)COC4C[C@H](O)[C@@]3(C)C(=O)C(OC(C)=O)C(=C1C)C2(C)C)[C@@H](NC(=O)c1ccccc1)c1ccccc1. The number of carbonyl (C=O) groups is 6. The van der Waals surface area contributed by atoms with E-state index in [2.05, 4.69) is 18.5 Å². The molecule has 0 radical (unpaired) electrons. The van der Waals surface area contributed by atoms with Crippen LogP contribution in [-0.2, 0) is 52.3 Å². The van der Waals surface area contributed by atoms with E-state index < -0.39 is 113 Å². The second-order valence-corrected chi connectivity index (χ2v) is 18.4. The number of hydrogen-bond acceptors (Lipinski definition) is 15. The minimum absolute atomic E-state index is 0.0309. The van der Waals surface area contributed by atoms with Gasteiger partial charge in [-0.1, -0.05) is 112 Å². The number of aliphatic hydroxyl groups is 2. The maximum Gasteiger partial charge on any atom is 0.509 e. The average molecular weight is 936 g/mol. The van der Waals surface area contributed by atoms with Crippen LogP contribution in [0.15, 0.2) is 121 Å². The summed E-state index contributed by atoms with van der Waals surface area (Å²) in [6, 6.07) is 23.7. The third-order valence-corrected chi connectivity index (χ3v) is 14.1. The van der Waals surface area contributed by atoms with Gasteiger partial charge in [0.25, 0.3) is 5.91 Å². The molecule has 2 saturated carbocycles. The summed E-state index contributed by atoms with van der Waals surface area (Å²) in [7, 11) is 0. The van der Waals surface area contributed by atoms with E-state index in [0.717, 1.165) is 6.92 Å². The van der Waals surface area contributed by atoms with Crippen LogP contribution in [0.4, 0.5) is 4.79 Å². The highest BCUT2D eigenvalue weighted by Crippen LogP contribution is 2.64. The fourth-order valence-electron chi connectivity index (χ4n) is 10.6. The first-order valence-electron chi connectivity index (χ1n) is 22.3. The van der Waals surface area contributed by atoms with Crippen molar-refractivity contribution in [1.29, 1.82) is 0 Å². The van der Waals surface area contributed by atoms with Crippen LogP contribution in [0.5, 0.6) is 0 Å². The molecule has 360 valence electrons. The van der Waals surface area contributed by atoms with Gasteiger partial charge in [-0.15, -0.1) is 0 Å². The van der Waals surface area contributed by atoms with Gasteiger partial charge in [0.15, 0.2) is 17.5 Å². The predicted molar refractivity (Wildman–Crippen MR) is 243 cm³/mol. The quantitative estimate of drug-likeness (QED) is 0.0740. The number of carbonyl (C=O) groups excluding carboxylic acids is 6. The fraction of sp³-hybridized carbons (Fsp3) is 0.423. The van der Waals surface area contributed by atoms with Crippen molar-refractivity contribution in [3.8, 4) is 0 Å². The van der Waals surface area contributed by atoms with Crippen LogP contribution in [0.2, 0.25) is 0 Å². The first-order valence-corrected chi connectivity index (χ1v) is 22.3. The molecule has 3 aromatic rings. The summed E-state index contributed by atoms with van der Waals surface area (Å²) in [5.74, 6) is -5.69. The minimum atomic E-state index is -2.31. The Balaban J connectivity index is 1.42. The first kappa shape index (κ1) is 49.3. The van der Waals surface area contributed by atoms with Crippen molar-refractivity contribution in [2.24, 2.45) is 16.7 Å². The monoisotopic (exact) mass is 935 g/mol. The molecule has 1 amide bonds. The Morgan fingerprint density at radius 2 is 1.49 bits per heavy atom. The molecule has 16 nitrogen and oxygen atoms in total. The molecule has 4 aliphatic rings. The van der Waals surface area contributed by atoms with Gasteiger partial charge in [0, 0.05) is 43.2 Å². The number of esters is 3. The summed E-state index contributed by atoms with van der Waals surface area (Å²) in [4.78, 5) is 84.2. The lowest BCUT2D eigenvalue weighted by atomic mass is 9.44. The number of ether oxygens (including phenoxy) is 7. The highest BCUT2D eigenvalue weighted by Gasteiger charge is 2.78. The standard InChI is InChI=1S/C52H57NO15/c1-9-25-62-48(60)67-42(40(34-21-15-11-16-22-34)53-46(58)35-23-17-12-18-24-35)47(59)66-36-27-52(61)45(64-30(3)33-19-13-10-14-20-33)43-50(8,37(56)26-38-51(43,28-63-38)68-32(5)55)44(57)41(65-31(4)54)39(29(36)2)49(52,6)7/h9-24,36-38,40-43,45,56,61H,1,3,25-28H2,2,4-8H3,(H,53,58)/t36-,37-,38?,40-,41?,42+,43?,45-,50+,51-,52+/m0/s1. The molecule has 16 heteroatoms. The summed E-state index contributed by atoms with van der Waals surface area (Å²) in [6.45, 7) is 15.8. The lowest BCUT2D eigenvalue weighted by Crippen LogP contribution is -2.81. The van der Waals surface area contributed by atoms with Crippen LogP contribution in [0.3, 0.4) is 0 Å². The molecule has 1 aliphatic heterocycles. The van der Waals surface area contributed by atoms with Crippen molar-refractivity contribution in [1.82, 2.24) is 5.32 Å². The summed E-state index contributed by atoms with van der Waals surface area (Å²) < 4.78 is 42.2. The number of Topliss-reactive ketones (excluding diaryl/α,β-unsaturated/α-hetero) is 1. The molecular formula is C52H57NO15. The molecule has 2 bridgehead atoms. The number of aliphatic hydroxyl groups excluding tert-OH is 1. The summed E-state index contributed by atoms with van der Waals surface area (Å²) >= 11 is 0. The van der Waals surface area contributed by atoms with Gasteiger partial charge >= 0.3 is 24.1 Å². The van der Waals surface area contributed by atoms with Gasteiger partial charge in [0.05, 0.1) is 24.0 Å². The van der Waals surface area contributed by atoms with E-state index in [1.165, 1.54) is 19.9 Å². The van der Waals surface area contributed by atoms with E-state index in [0.29, 0.717) is 11.1 Å². The molecule has 68 heavy (non-hydrogen) atoms. The van der Waals surface area contributed by atoms with Crippen molar-refractivity contribution in [2.45, 2.75) is 108 Å². The van der Waals surface area contributed by atoms with E-state index in [4.69, 9.17) is 33.2 Å². The zero-order valence-electron chi connectivity index (χ0n) is 38.8. The third kappa shape index (κ3) is 8.72. The zero-order valence-corrected chi connectivity index (χ0v) is 38.8. The molecule has 0 aromatic heterocycles. The number of nitrogens with one attached hydrogen (secondary N) is 1. The second kappa shape index (κ2) is 19.2. The van der Waals surface area contributed by atoms with Crippen LogP contribution in [0.25, 0.3) is 5.76 Å². The van der Waals surface area contributed by atoms with Crippen molar-refractivity contribution < 1.29 is 72.1 Å². The molecule has 1 heterocycles. The van der Waals surface area contributed by atoms with Gasteiger partial charge in [-0.3, -0.25) is 19.2 Å². The van der Waals surface area contributed by atoms with Crippen molar-refractivity contribution in [3.05, 3.63) is 138 Å². The third-order valence-electron chi connectivity index (χ3n) is 14.1. The smallest absolute Gasteiger partial charge is 0.487 e. The molecular weight excluding hydrogens is 879 g/mol. The first-order chi connectivity index (χ1) is 32.2. The molecule has 3 fully saturated rings. The maximum absolute atomic E-state index is 15.7. The van der Waals surface area contributed by atoms with Crippen molar-refractivity contribution in [2.75, 3.05) is 13.2 Å². The van der Waals surface area contributed by atoms with Gasteiger partial charge in [-0.25, -0.2) is 9.59 Å². The van der Waals surface area contributed by atoms with Gasteiger partial charge in [-0.05, 0) is 42.7 Å². The fourth-order valence-corrected chi connectivity index (χ4v) is 10.6. The van der Waals surface area contributed by atoms with Crippen LogP contribution in [0.1, 0.15) is 81.9 Å². The van der Waals surface area contributed by atoms with Crippen molar-refractivity contribution in [3.63, 3.8) is 0 Å². The molecule has 3 unspecified atom stereocenters. The van der Waals surface area contributed by atoms with Gasteiger partial charge in [-0.2, -0.15) is 0 Å². The zero-order chi connectivity index (χ0) is 49.3. The number of amides is 1.